The zero-order valence-corrected chi connectivity index (χ0v) is 26.5. The third kappa shape index (κ3) is 6.29. The van der Waals surface area contributed by atoms with Crippen LogP contribution in [-0.4, -0.2) is 60.2 Å². The number of halogens is 1. The number of benzene rings is 4. The zero-order valence-electron chi connectivity index (χ0n) is 24.9. The maximum atomic E-state index is 14.0. The van der Waals surface area contributed by atoms with Crippen LogP contribution in [0, 0.1) is 13.8 Å². The molecule has 44 heavy (non-hydrogen) atoms. The second-order valence-corrected chi connectivity index (χ2v) is 13.2. The van der Waals surface area contributed by atoms with Crippen molar-refractivity contribution in [3.05, 3.63) is 118 Å². The molecular formula is C35H35ClN4O3S. The lowest BCUT2D eigenvalue weighted by molar-refractivity contribution is 0.0944. The topological polar surface area (TPSA) is 73.0 Å². The van der Waals surface area contributed by atoms with Crippen molar-refractivity contribution < 1.29 is 13.8 Å². The lowest BCUT2D eigenvalue weighted by Gasteiger charge is -2.36. The Morgan fingerprint density at radius 1 is 0.886 bits per heavy atom. The van der Waals surface area contributed by atoms with Crippen LogP contribution in [0.4, 0.5) is 11.4 Å². The van der Waals surface area contributed by atoms with Gasteiger partial charge in [-0.05, 0) is 73.5 Å². The summed E-state index contributed by atoms with van der Waals surface area (Å²) >= 11 is 6.17. The summed E-state index contributed by atoms with van der Waals surface area (Å²) in [6, 6.07) is 26.3. The lowest BCUT2D eigenvalue weighted by Crippen LogP contribution is -2.48. The lowest BCUT2D eigenvalue weighted by atomic mass is 10.0. The van der Waals surface area contributed by atoms with Gasteiger partial charge in [0.05, 0.1) is 38.4 Å². The molecule has 0 bridgehead atoms. The van der Waals surface area contributed by atoms with Crippen LogP contribution in [0.2, 0.25) is 5.02 Å². The number of nitrogens with zero attached hydrogens (tertiary/aromatic N) is 3. The predicted molar refractivity (Wildman–Crippen MR) is 176 cm³/mol. The van der Waals surface area contributed by atoms with Crippen molar-refractivity contribution in [3.8, 4) is 0 Å². The van der Waals surface area contributed by atoms with Gasteiger partial charge in [0.1, 0.15) is 0 Å². The van der Waals surface area contributed by atoms with Gasteiger partial charge in [0.25, 0.3) is 11.8 Å². The van der Waals surface area contributed by atoms with E-state index >= 15 is 0 Å². The molecule has 0 aromatic heterocycles. The van der Waals surface area contributed by atoms with Crippen molar-refractivity contribution >= 4 is 45.6 Å². The third-order valence-electron chi connectivity index (χ3n) is 8.37. The molecule has 1 N–H and O–H groups in total. The molecule has 6 rings (SSSR count). The monoisotopic (exact) mass is 626 g/mol. The largest absolute Gasteiger partial charge is 0.369 e. The molecule has 0 radical (unpaired) electrons. The minimum atomic E-state index is -1.58. The smallest absolute Gasteiger partial charge is 0.259 e. The number of carbonyl (C=O) groups excluding carboxylic acids is 2. The fourth-order valence-electron chi connectivity index (χ4n) is 5.83. The van der Waals surface area contributed by atoms with Crippen LogP contribution in [0.25, 0.3) is 0 Å². The quantitative estimate of drug-likeness (QED) is 0.279. The zero-order chi connectivity index (χ0) is 30.8. The number of aryl methyl sites for hydroxylation is 2. The molecule has 9 heteroatoms. The highest BCUT2D eigenvalue weighted by atomic mass is 35.5. The van der Waals surface area contributed by atoms with Crippen molar-refractivity contribution in [2.75, 3.05) is 49.1 Å². The highest BCUT2D eigenvalue weighted by molar-refractivity contribution is 7.85. The molecular weight excluding hydrogens is 592 g/mol. The third-order valence-corrected chi connectivity index (χ3v) is 10.1. The van der Waals surface area contributed by atoms with Gasteiger partial charge in [-0.15, -0.1) is 0 Å². The van der Waals surface area contributed by atoms with E-state index in [0.717, 1.165) is 60.1 Å². The van der Waals surface area contributed by atoms with Crippen molar-refractivity contribution in [1.29, 1.82) is 0 Å². The van der Waals surface area contributed by atoms with Crippen LogP contribution in [0.15, 0.2) is 94.7 Å². The summed E-state index contributed by atoms with van der Waals surface area (Å²) in [5, 5.41) is 3.78. The number of nitrogens with one attached hydrogen (secondary N) is 1. The molecule has 1 fully saturated rings. The van der Waals surface area contributed by atoms with Crippen molar-refractivity contribution in [3.63, 3.8) is 0 Å². The molecule has 1 unspecified atom stereocenters. The first-order chi connectivity index (χ1) is 21.3. The Labute approximate surface area is 265 Å². The molecule has 4 aromatic rings. The SMILES string of the molecule is Cc1ccc(C)c(CN2C(=O)c3ccccc3S(=O)c3ccc(C(=O)NCCN4CCN(c5cccc(Cl)c5)CC4)cc32)c1. The number of amides is 2. The molecule has 7 nitrogen and oxygen atoms in total. The summed E-state index contributed by atoms with van der Waals surface area (Å²) < 4.78 is 13.8. The number of hydrogen-bond donors (Lipinski definition) is 1. The highest BCUT2D eigenvalue weighted by Gasteiger charge is 2.32. The predicted octanol–water partition coefficient (Wildman–Crippen LogP) is 5.84. The van der Waals surface area contributed by atoms with Crippen LogP contribution in [0.3, 0.4) is 0 Å². The van der Waals surface area contributed by atoms with Crippen molar-refractivity contribution in [2.45, 2.75) is 30.2 Å². The average molecular weight is 627 g/mol. The van der Waals surface area contributed by atoms with Gasteiger partial charge >= 0.3 is 0 Å². The first kappa shape index (κ1) is 30.1. The molecule has 1 atom stereocenters. The maximum Gasteiger partial charge on any atom is 0.259 e. The van der Waals surface area contributed by atoms with Crippen molar-refractivity contribution in [1.82, 2.24) is 10.2 Å². The fourth-order valence-corrected chi connectivity index (χ4v) is 7.36. The molecule has 226 valence electrons. The Kier molecular flexibility index (Phi) is 8.84. The van der Waals surface area contributed by atoms with E-state index in [2.05, 4.69) is 27.2 Å². The number of fused-ring (bicyclic) bond motifs is 2. The summed E-state index contributed by atoms with van der Waals surface area (Å²) in [6.07, 6.45) is 0. The molecule has 2 aliphatic rings. The van der Waals surface area contributed by atoms with E-state index in [1.54, 1.807) is 47.4 Å². The van der Waals surface area contributed by atoms with E-state index in [-0.39, 0.29) is 11.8 Å². The van der Waals surface area contributed by atoms with Crippen molar-refractivity contribution in [2.24, 2.45) is 0 Å². The first-order valence-electron chi connectivity index (χ1n) is 14.8. The number of hydrogen-bond acceptors (Lipinski definition) is 5. The number of carbonyl (C=O) groups is 2. The Morgan fingerprint density at radius 3 is 2.48 bits per heavy atom. The normalized spacial score (nSPS) is 16.7. The second kappa shape index (κ2) is 12.9. The average Bonchev–Trinajstić information content (AvgIpc) is 3.12. The molecule has 0 aliphatic carbocycles. The summed E-state index contributed by atoms with van der Waals surface area (Å²) in [4.78, 5) is 34.6. The summed E-state index contributed by atoms with van der Waals surface area (Å²) in [5.41, 5.74) is 5.62. The number of rotatable bonds is 7. The van der Waals surface area contributed by atoms with Crippen LogP contribution in [0.1, 0.15) is 37.4 Å². The van der Waals surface area contributed by atoms with Crippen LogP contribution < -0.4 is 15.1 Å². The number of piperazine rings is 1. The Morgan fingerprint density at radius 2 is 1.68 bits per heavy atom. The van der Waals surface area contributed by atoms with E-state index in [0.29, 0.717) is 39.7 Å². The molecule has 0 spiro atoms. The van der Waals surface area contributed by atoms with E-state index in [9.17, 15) is 13.8 Å². The minimum absolute atomic E-state index is 0.225. The van der Waals surface area contributed by atoms with E-state index in [1.165, 1.54) is 0 Å². The Hall–Kier alpha value is -3.98. The van der Waals surface area contributed by atoms with E-state index < -0.39 is 10.8 Å². The summed E-state index contributed by atoms with van der Waals surface area (Å²) in [5.74, 6) is -0.458. The van der Waals surface area contributed by atoms with Gasteiger partial charge in [0.2, 0.25) is 0 Å². The van der Waals surface area contributed by atoms with Crippen LogP contribution >= 0.6 is 11.6 Å². The number of anilines is 2. The Bertz CT molecular complexity index is 1750. The van der Waals surface area contributed by atoms with Gasteiger partial charge < -0.3 is 15.1 Å². The molecule has 0 saturated carbocycles. The summed E-state index contributed by atoms with van der Waals surface area (Å²) in [7, 11) is -1.58. The molecule has 1 saturated heterocycles. The van der Waals surface area contributed by atoms with Gasteiger partial charge in [-0.3, -0.25) is 14.5 Å². The first-order valence-corrected chi connectivity index (χ1v) is 16.4. The van der Waals surface area contributed by atoms with Gasteiger partial charge in [0.15, 0.2) is 0 Å². The molecule has 4 aromatic carbocycles. The van der Waals surface area contributed by atoms with E-state index in [1.807, 2.05) is 44.2 Å². The highest BCUT2D eigenvalue weighted by Crippen LogP contribution is 2.36. The summed E-state index contributed by atoms with van der Waals surface area (Å²) in [6.45, 7) is 9.14. The van der Waals surface area contributed by atoms with Crippen LogP contribution in [-0.2, 0) is 17.3 Å². The van der Waals surface area contributed by atoms with Gasteiger partial charge in [-0.25, -0.2) is 4.21 Å². The standard InChI is InChI=1S/C35H35ClN4O3S/c1-24-10-11-25(2)27(20-24)23-40-31-21-26(12-13-33(31)44(43)32-9-4-3-8-30(32)35(40)42)34(41)37-14-15-38-16-18-39(19-17-38)29-7-5-6-28(36)22-29/h3-13,20-22H,14-19,23H2,1-2H3,(H,37,41). The minimum Gasteiger partial charge on any atom is -0.369 e. The van der Waals surface area contributed by atoms with Gasteiger partial charge in [-0.2, -0.15) is 0 Å². The molecule has 2 aliphatic heterocycles. The van der Waals surface area contributed by atoms with Gasteiger partial charge in [-0.1, -0.05) is 53.6 Å². The maximum absolute atomic E-state index is 14.0. The Balaban J connectivity index is 1.18. The molecule has 2 amide bonds. The van der Waals surface area contributed by atoms with Crippen LogP contribution in [0.5, 0.6) is 0 Å². The second-order valence-electron chi connectivity index (χ2n) is 11.3. The molecule has 2 heterocycles. The fraction of sp³-hybridized carbons (Fsp3) is 0.257. The van der Waals surface area contributed by atoms with E-state index in [4.69, 9.17) is 11.6 Å². The van der Waals surface area contributed by atoms with Gasteiger partial charge in [0, 0.05) is 55.5 Å².